The van der Waals surface area contributed by atoms with Gasteiger partial charge in [0.2, 0.25) is 0 Å². The zero-order valence-electron chi connectivity index (χ0n) is 12.2. The largest absolute Gasteiger partial charge is 0.349 e. The van der Waals surface area contributed by atoms with Gasteiger partial charge in [0.25, 0.3) is 5.91 Å². The number of nitrogens with zero attached hydrogens (tertiary/aromatic N) is 1. The lowest BCUT2D eigenvalue weighted by molar-refractivity contribution is 0.0929. The van der Waals surface area contributed by atoms with Gasteiger partial charge in [-0.2, -0.15) is 0 Å². The Bertz CT molecular complexity index is 673. The highest BCUT2D eigenvalue weighted by Gasteiger charge is 2.18. The number of carbonyl (C=O) groups is 1. The first kappa shape index (κ1) is 14.0. The van der Waals surface area contributed by atoms with Gasteiger partial charge >= 0.3 is 0 Å². The molecule has 0 bridgehead atoms. The zero-order chi connectivity index (χ0) is 14.8. The fraction of sp³-hybridized carbons (Fsp3) is 0.412. The van der Waals surface area contributed by atoms with Gasteiger partial charge in [0, 0.05) is 23.2 Å². The first-order valence-electron chi connectivity index (χ1n) is 7.51. The summed E-state index contributed by atoms with van der Waals surface area (Å²) in [6, 6.07) is 6.41. The van der Waals surface area contributed by atoms with E-state index in [0.717, 1.165) is 18.5 Å². The second-order valence-corrected chi connectivity index (χ2v) is 5.78. The van der Waals surface area contributed by atoms with E-state index in [0.29, 0.717) is 16.5 Å². The van der Waals surface area contributed by atoms with Crippen LogP contribution in [0.25, 0.3) is 10.9 Å². The van der Waals surface area contributed by atoms with Gasteiger partial charge in [-0.05, 0) is 38.0 Å². The smallest absolute Gasteiger partial charge is 0.252 e. The molecule has 4 heteroatoms. The predicted octanol–water partition coefficient (Wildman–Crippen LogP) is 3.74. The Kier molecular flexibility index (Phi) is 3.86. The summed E-state index contributed by atoms with van der Waals surface area (Å²) in [7, 11) is 0. The molecule has 1 amide bonds. The van der Waals surface area contributed by atoms with E-state index in [1.807, 2.05) is 6.92 Å². The maximum absolute atomic E-state index is 13.3. The molecule has 1 N–H and O–H groups in total. The summed E-state index contributed by atoms with van der Waals surface area (Å²) in [5, 5.41) is 3.81. The van der Waals surface area contributed by atoms with Crippen LogP contribution in [-0.2, 0) is 0 Å². The van der Waals surface area contributed by atoms with Crippen LogP contribution in [0.5, 0.6) is 0 Å². The van der Waals surface area contributed by atoms with Gasteiger partial charge < -0.3 is 5.32 Å². The number of nitrogens with one attached hydrogen (secondary N) is 1. The standard InChI is InChI=1S/C17H19FN2O/c1-11-9-15(14-8-7-12(18)10-16(14)19-11)17(21)20-13-5-3-2-4-6-13/h7-10,13H,2-6H2,1H3,(H,20,21). The van der Waals surface area contributed by atoms with Gasteiger partial charge in [0.1, 0.15) is 5.82 Å². The summed E-state index contributed by atoms with van der Waals surface area (Å²) < 4.78 is 13.3. The van der Waals surface area contributed by atoms with Gasteiger partial charge in [-0.15, -0.1) is 0 Å². The highest BCUT2D eigenvalue weighted by molar-refractivity contribution is 6.06. The van der Waals surface area contributed by atoms with Crippen molar-refractivity contribution in [3.05, 3.63) is 41.3 Å². The molecule has 0 saturated heterocycles. The van der Waals surface area contributed by atoms with Crippen molar-refractivity contribution in [1.82, 2.24) is 10.3 Å². The lowest BCUT2D eigenvalue weighted by Crippen LogP contribution is -2.36. The third-order valence-electron chi connectivity index (χ3n) is 4.08. The summed E-state index contributed by atoms with van der Waals surface area (Å²) in [5.74, 6) is -0.414. The first-order valence-corrected chi connectivity index (χ1v) is 7.51. The molecular formula is C17H19FN2O. The Morgan fingerprint density at radius 1 is 1.24 bits per heavy atom. The summed E-state index contributed by atoms with van der Waals surface area (Å²) >= 11 is 0. The van der Waals surface area contributed by atoms with Crippen LogP contribution in [0.2, 0.25) is 0 Å². The predicted molar refractivity (Wildman–Crippen MR) is 80.8 cm³/mol. The molecule has 0 unspecified atom stereocenters. The Labute approximate surface area is 123 Å². The molecule has 1 aromatic heterocycles. The van der Waals surface area contributed by atoms with Crippen molar-refractivity contribution in [3.8, 4) is 0 Å². The van der Waals surface area contributed by atoms with E-state index in [1.165, 1.54) is 31.4 Å². The Morgan fingerprint density at radius 3 is 2.76 bits per heavy atom. The molecule has 21 heavy (non-hydrogen) atoms. The molecule has 1 aromatic carbocycles. The minimum Gasteiger partial charge on any atom is -0.349 e. The number of rotatable bonds is 2. The van der Waals surface area contributed by atoms with Crippen molar-refractivity contribution in [2.75, 3.05) is 0 Å². The van der Waals surface area contributed by atoms with E-state index in [4.69, 9.17) is 0 Å². The number of halogens is 1. The second-order valence-electron chi connectivity index (χ2n) is 5.78. The lowest BCUT2D eigenvalue weighted by atomic mass is 9.95. The van der Waals surface area contributed by atoms with Gasteiger partial charge in [0.05, 0.1) is 11.1 Å². The van der Waals surface area contributed by atoms with Crippen molar-refractivity contribution >= 4 is 16.8 Å². The molecule has 1 aliphatic rings. The van der Waals surface area contributed by atoms with Crippen molar-refractivity contribution < 1.29 is 9.18 Å². The molecule has 0 spiro atoms. The average Bonchev–Trinajstić information content (AvgIpc) is 2.47. The second kappa shape index (κ2) is 5.80. The van der Waals surface area contributed by atoms with Gasteiger partial charge in [-0.3, -0.25) is 9.78 Å². The van der Waals surface area contributed by atoms with E-state index in [2.05, 4.69) is 10.3 Å². The highest BCUT2D eigenvalue weighted by atomic mass is 19.1. The molecule has 1 heterocycles. The van der Waals surface area contributed by atoms with Crippen molar-refractivity contribution in [2.45, 2.75) is 45.1 Å². The highest BCUT2D eigenvalue weighted by Crippen LogP contribution is 2.22. The molecule has 1 aliphatic carbocycles. The van der Waals surface area contributed by atoms with Gasteiger partial charge in [-0.1, -0.05) is 19.3 Å². The van der Waals surface area contributed by atoms with Crippen LogP contribution in [-0.4, -0.2) is 16.9 Å². The van der Waals surface area contributed by atoms with Crippen LogP contribution in [0, 0.1) is 12.7 Å². The molecule has 0 atom stereocenters. The van der Waals surface area contributed by atoms with Gasteiger partial charge in [0.15, 0.2) is 0 Å². The molecule has 0 aliphatic heterocycles. The number of pyridine rings is 1. The number of aromatic nitrogens is 1. The monoisotopic (exact) mass is 286 g/mol. The maximum Gasteiger partial charge on any atom is 0.252 e. The lowest BCUT2D eigenvalue weighted by Gasteiger charge is -2.23. The Hall–Kier alpha value is -1.97. The molecule has 0 radical (unpaired) electrons. The van der Waals surface area contributed by atoms with Crippen LogP contribution in [0.3, 0.4) is 0 Å². The van der Waals surface area contributed by atoms with E-state index in [-0.39, 0.29) is 17.8 Å². The molecule has 2 aromatic rings. The van der Waals surface area contributed by atoms with E-state index in [9.17, 15) is 9.18 Å². The fourth-order valence-corrected chi connectivity index (χ4v) is 3.03. The number of hydrogen-bond acceptors (Lipinski definition) is 2. The third-order valence-corrected chi connectivity index (χ3v) is 4.08. The number of fused-ring (bicyclic) bond motifs is 1. The van der Waals surface area contributed by atoms with Crippen LogP contribution < -0.4 is 5.32 Å². The third kappa shape index (κ3) is 3.04. The normalized spacial score (nSPS) is 16.1. The first-order chi connectivity index (χ1) is 10.1. The number of aryl methyl sites for hydroxylation is 1. The zero-order valence-corrected chi connectivity index (χ0v) is 12.2. The Balaban J connectivity index is 1.93. The van der Waals surface area contributed by atoms with Crippen LogP contribution >= 0.6 is 0 Å². The van der Waals surface area contributed by atoms with E-state index >= 15 is 0 Å². The van der Waals surface area contributed by atoms with Gasteiger partial charge in [-0.25, -0.2) is 4.39 Å². The van der Waals surface area contributed by atoms with Crippen molar-refractivity contribution in [1.29, 1.82) is 0 Å². The number of amides is 1. The molecule has 1 saturated carbocycles. The quantitative estimate of drug-likeness (QED) is 0.913. The summed E-state index contributed by atoms with van der Waals surface area (Å²) in [5.41, 5.74) is 1.84. The van der Waals surface area contributed by atoms with E-state index < -0.39 is 0 Å². The molecule has 110 valence electrons. The van der Waals surface area contributed by atoms with Crippen LogP contribution in [0.1, 0.15) is 48.2 Å². The Morgan fingerprint density at radius 2 is 2.00 bits per heavy atom. The number of hydrogen-bond donors (Lipinski definition) is 1. The van der Waals surface area contributed by atoms with Crippen molar-refractivity contribution in [3.63, 3.8) is 0 Å². The molecule has 3 nitrogen and oxygen atoms in total. The fourth-order valence-electron chi connectivity index (χ4n) is 3.03. The molecule has 3 rings (SSSR count). The molecular weight excluding hydrogens is 267 g/mol. The number of carbonyl (C=O) groups excluding carboxylic acids is 1. The summed E-state index contributed by atoms with van der Waals surface area (Å²) in [4.78, 5) is 16.8. The summed E-state index contributed by atoms with van der Waals surface area (Å²) in [6.07, 6.45) is 5.69. The van der Waals surface area contributed by atoms with Crippen LogP contribution in [0.4, 0.5) is 4.39 Å². The topological polar surface area (TPSA) is 42.0 Å². The average molecular weight is 286 g/mol. The van der Waals surface area contributed by atoms with Crippen molar-refractivity contribution in [2.24, 2.45) is 0 Å². The molecule has 1 fully saturated rings. The van der Waals surface area contributed by atoms with Crippen LogP contribution in [0.15, 0.2) is 24.3 Å². The minimum atomic E-state index is -0.334. The number of benzene rings is 1. The van der Waals surface area contributed by atoms with E-state index in [1.54, 1.807) is 12.1 Å². The minimum absolute atomic E-state index is 0.0796. The maximum atomic E-state index is 13.3. The SMILES string of the molecule is Cc1cc(C(=O)NC2CCCCC2)c2ccc(F)cc2n1. The summed E-state index contributed by atoms with van der Waals surface area (Å²) in [6.45, 7) is 1.82.